The summed E-state index contributed by atoms with van der Waals surface area (Å²) in [5, 5.41) is 16.3. The first-order chi connectivity index (χ1) is 24.9. The largest absolute Gasteiger partial charge is 0.397 e. The average Bonchev–Trinajstić information content (AvgIpc) is 3.17. The van der Waals surface area contributed by atoms with E-state index in [1.807, 2.05) is 78.9 Å². The van der Waals surface area contributed by atoms with E-state index in [2.05, 4.69) is 33.8 Å². The smallest absolute Gasteiger partial charge is 0.224 e. The number of pyridine rings is 1. The number of nitrogens with two attached hydrogens (primary N) is 1. The first-order valence-corrected chi connectivity index (χ1v) is 18.1. The van der Waals surface area contributed by atoms with E-state index >= 15 is 0 Å². The van der Waals surface area contributed by atoms with Crippen molar-refractivity contribution in [2.75, 3.05) is 16.8 Å². The fourth-order valence-corrected chi connectivity index (χ4v) is 6.76. The number of thioether (sulfide) groups is 1. The molecule has 4 aromatic carbocycles. The van der Waals surface area contributed by atoms with Gasteiger partial charge in [-0.25, -0.2) is 4.98 Å². The summed E-state index contributed by atoms with van der Waals surface area (Å²) >= 11 is 1.67. The number of nitrogens with one attached hydrogen (secondary N) is 2. The van der Waals surface area contributed by atoms with Gasteiger partial charge in [0.15, 0.2) is 6.29 Å². The lowest BCUT2D eigenvalue weighted by Gasteiger charge is -2.36. The van der Waals surface area contributed by atoms with Crippen LogP contribution in [0.3, 0.4) is 0 Å². The van der Waals surface area contributed by atoms with Crippen molar-refractivity contribution in [3.63, 3.8) is 0 Å². The number of rotatable bonds is 14. The molecule has 1 aliphatic heterocycles. The highest BCUT2D eigenvalue weighted by Crippen LogP contribution is 2.40. The number of amides is 2. The van der Waals surface area contributed by atoms with Gasteiger partial charge in [0, 0.05) is 43.3 Å². The molecule has 2 heterocycles. The predicted octanol–water partition coefficient (Wildman–Crippen LogP) is 7.59. The van der Waals surface area contributed by atoms with Gasteiger partial charge in [0.05, 0.1) is 35.2 Å². The van der Waals surface area contributed by atoms with Crippen LogP contribution in [0.15, 0.2) is 126 Å². The predicted molar refractivity (Wildman–Crippen MR) is 200 cm³/mol. The molecule has 3 atom stereocenters. The number of benzene rings is 4. The molecule has 5 N–H and O–H groups in total. The number of carbonyl (C=O) groups excluding carboxylic acids is 2. The molecule has 1 fully saturated rings. The number of aromatic nitrogens is 1. The molecule has 51 heavy (non-hydrogen) atoms. The number of nitrogen functional groups attached to an aromatic ring is 1. The summed E-state index contributed by atoms with van der Waals surface area (Å²) in [5.41, 5.74) is 12.8. The number of carbonyl (C=O) groups is 2. The lowest BCUT2D eigenvalue weighted by molar-refractivity contribution is -0.245. The zero-order valence-electron chi connectivity index (χ0n) is 28.2. The molecule has 0 bridgehead atoms. The van der Waals surface area contributed by atoms with Crippen molar-refractivity contribution in [1.29, 1.82) is 0 Å². The van der Waals surface area contributed by atoms with E-state index in [1.54, 1.807) is 36.2 Å². The molecule has 5 aromatic rings. The maximum atomic E-state index is 12.6. The van der Waals surface area contributed by atoms with Crippen LogP contribution in [0.5, 0.6) is 0 Å². The van der Waals surface area contributed by atoms with Crippen LogP contribution in [-0.2, 0) is 32.2 Å². The van der Waals surface area contributed by atoms with Crippen molar-refractivity contribution in [2.45, 2.75) is 62.4 Å². The number of anilines is 2. The molecule has 6 rings (SSSR count). The molecular weight excluding hydrogens is 661 g/mol. The van der Waals surface area contributed by atoms with Gasteiger partial charge in [0.25, 0.3) is 0 Å². The van der Waals surface area contributed by atoms with Crippen molar-refractivity contribution < 1.29 is 24.2 Å². The highest BCUT2D eigenvalue weighted by atomic mass is 32.2. The van der Waals surface area contributed by atoms with Gasteiger partial charge < -0.3 is 30.9 Å². The van der Waals surface area contributed by atoms with Crippen molar-refractivity contribution >= 4 is 35.0 Å². The summed E-state index contributed by atoms with van der Waals surface area (Å²) in [7, 11) is 0. The number of hydrogen-bond donors (Lipinski definition) is 4. The highest BCUT2D eigenvalue weighted by molar-refractivity contribution is 7.99. The van der Waals surface area contributed by atoms with E-state index in [0.29, 0.717) is 30.8 Å². The second kappa shape index (κ2) is 17.8. The van der Waals surface area contributed by atoms with Gasteiger partial charge in [-0.2, -0.15) is 0 Å². The fourth-order valence-electron chi connectivity index (χ4n) is 5.88. The molecule has 1 aliphatic rings. The summed E-state index contributed by atoms with van der Waals surface area (Å²) < 4.78 is 13.2. The minimum Gasteiger partial charge on any atom is -0.397 e. The molecule has 1 aromatic heterocycles. The molecule has 1 saturated heterocycles. The molecule has 0 spiro atoms. The SMILES string of the molecule is Nc1ccccc1NC(=O)CCCC(=O)NCc1cccc(-c2cccc([C@H]3O[C@@H](CSc4ccccn4)C[C@@H](c4ccc(CO)cc4)O3)c2)c1. The number of hydrogen-bond acceptors (Lipinski definition) is 8. The molecule has 10 heteroatoms. The van der Waals surface area contributed by atoms with E-state index in [9.17, 15) is 14.7 Å². The van der Waals surface area contributed by atoms with E-state index < -0.39 is 6.29 Å². The monoisotopic (exact) mass is 702 g/mol. The first-order valence-electron chi connectivity index (χ1n) is 17.1. The second-order valence-corrected chi connectivity index (χ2v) is 13.5. The molecule has 0 unspecified atom stereocenters. The minimum absolute atomic E-state index is 0.00650. The van der Waals surface area contributed by atoms with Crippen molar-refractivity contribution in [3.05, 3.63) is 144 Å². The summed E-state index contributed by atoms with van der Waals surface area (Å²) in [4.78, 5) is 29.3. The molecule has 0 saturated carbocycles. The lowest BCUT2D eigenvalue weighted by Crippen LogP contribution is -2.31. The number of nitrogens with zero attached hydrogens (tertiary/aromatic N) is 1. The van der Waals surface area contributed by atoms with E-state index in [-0.39, 0.29) is 43.5 Å². The summed E-state index contributed by atoms with van der Waals surface area (Å²) in [6.45, 7) is 0.369. The second-order valence-electron chi connectivity index (χ2n) is 12.4. The Kier molecular flexibility index (Phi) is 12.5. The molecule has 0 aliphatic carbocycles. The van der Waals surface area contributed by atoms with Gasteiger partial charge in [-0.05, 0) is 70.6 Å². The zero-order chi connectivity index (χ0) is 35.4. The van der Waals surface area contributed by atoms with Crippen LogP contribution in [0.4, 0.5) is 11.4 Å². The Hall–Kier alpha value is -5.00. The van der Waals surface area contributed by atoms with Crippen LogP contribution in [0, 0.1) is 0 Å². The highest BCUT2D eigenvalue weighted by Gasteiger charge is 2.32. The zero-order valence-corrected chi connectivity index (χ0v) is 29.1. The van der Waals surface area contributed by atoms with Gasteiger partial charge in [-0.1, -0.05) is 78.9 Å². The summed E-state index contributed by atoms with van der Waals surface area (Å²) in [6.07, 6.45) is 2.55. The van der Waals surface area contributed by atoms with Gasteiger partial charge in [0.1, 0.15) is 0 Å². The van der Waals surface area contributed by atoms with Gasteiger partial charge in [-0.3, -0.25) is 9.59 Å². The van der Waals surface area contributed by atoms with Crippen LogP contribution in [0.1, 0.15) is 60.3 Å². The molecule has 0 radical (unpaired) electrons. The molecule has 9 nitrogen and oxygen atoms in total. The van der Waals surface area contributed by atoms with Crippen molar-refractivity contribution in [3.8, 4) is 11.1 Å². The number of aliphatic hydroxyl groups excluding tert-OH is 1. The normalized spacial score (nSPS) is 17.1. The van der Waals surface area contributed by atoms with Gasteiger partial charge >= 0.3 is 0 Å². The van der Waals surface area contributed by atoms with Gasteiger partial charge in [0.2, 0.25) is 11.8 Å². The third-order valence-electron chi connectivity index (χ3n) is 8.62. The Morgan fingerprint density at radius 2 is 1.57 bits per heavy atom. The third-order valence-corrected chi connectivity index (χ3v) is 9.70. The van der Waals surface area contributed by atoms with Crippen LogP contribution in [-0.4, -0.2) is 33.8 Å². The molecular formula is C41H42N4O5S. The van der Waals surface area contributed by atoms with Crippen LogP contribution < -0.4 is 16.4 Å². The molecule has 262 valence electrons. The van der Waals surface area contributed by atoms with Gasteiger partial charge in [-0.15, -0.1) is 11.8 Å². The Labute approximate surface area is 302 Å². The Morgan fingerprint density at radius 1 is 0.804 bits per heavy atom. The number of para-hydroxylation sites is 2. The fraction of sp³-hybridized carbons (Fsp3) is 0.244. The lowest BCUT2D eigenvalue weighted by atomic mass is 9.99. The third kappa shape index (κ3) is 10.3. The maximum absolute atomic E-state index is 12.6. The topological polar surface area (TPSA) is 136 Å². The van der Waals surface area contributed by atoms with Crippen LogP contribution in [0.25, 0.3) is 11.1 Å². The quantitative estimate of drug-likeness (QED) is 0.0687. The summed E-state index contributed by atoms with van der Waals surface area (Å²) in [6, 6.07) is 37.1. The minimum atomic E-state index is -0.579. The first kappa shape index (κ1) is 35.8. The van der Waals surface area contributed by atoms with E-state index in [1.165, 1.54) is 0 Å². The Morgan fingerprint density at radius 3 is 2.35 bits per heavy atom. The van der Waals surface area contributed by atoms with E-state index in [4.69, 9.17) is 15.2 Å². The number of ether oxygens (including phenoxy) is 2. The molecule has 2 amide bonds. The van der Waals surface area contributed by atoms with Crippen molar-refractivity contribution in [1.82, 2.24) is 10.3 Å². The standard InChI is InChI=1S/C41H42N4O5S/c42-35-12-1-2-13-36(35)45-39(48)15-7-14-38(47)44-25-29-8-5-9-31(22-29)32-10-6-11-33(23-32)41-49-34(27-51-40-16-3-4-21-43-40)24-37(50-41)30-19-17-28(26-46)18-20-30/h1-6,8-13,16-23,34,37,41,46H,7,14-15,24-27,42H2,(H,44,47)(H,45,48)/t34-,37+,41+/m1/s1. The summed E-state index contributed by atoms with van der Waals surface area (Å²) in [5.74, 6) is 0.439. The van der Waals surface area contributed by atoms with Crippen LogP contribution in [0.2, 0.25) is 0 Å². The Balaban J connectivity index is 1.07. The van der Waals surface area contributed by atoms with Crippen molar-refractivity contribution in [2.24, 2.45) is 0 Å². The van der Waals surface area contributed by atoms with Crippen LogP contribution >= 0.6 is 11.8 Å². The maximum Gasteiger partial charge on any atom is 0.224 e. The average molecular weight is 703 g/mol. The number of aliphatic hydroxyl groups is 1. The Bertz CT molecular complexity index is 1910. The van der Waals surface area contributed by atoms with E-state index in [0.717, 1.165) is 44.2 Å².